The zero-order valence-electron chi connectivity index (χ0n) is 10.1. The smallest absolute Gasteiger partial charge is 0.245 e. The third-order valence-corrected chi connectivity index (χ3v) is 2.89. The van der Waals surface area contributed by atoms with Crippen LogP contribution in [0.5, 0.6) is 0 Å². The van der Waals surface area contributed by atoms with Crippen molar-refractivity contribution >= 4 is 23.4 Å². The first-order chi connectivity index (χ1) is 8.20. The molecule has 0 spiro atoms. The highest BCUT2D eigenvalue weighted by molar-refractivity contribution is 6.17. The normalized spacial score (nSPS) is 20.1. The Kier molecular flexibility index (Phi) is 6.29. The van der Waals surface area contributed by atoms with E-state index in [4.69, 9.17) is 16.3 Å². The van der Waals surface area contributed by atoms with Gasteiger partial charge in [-0.05, 0) is 13.3 Å². The second-order valence-corrected chi connectivity index (χ2v) is 4.24. The Morgan fingerprint density at radius 1 is 1.53 bits per heavy atom. The van der Waals surface area contributed by atoms with Crippen molar-refractivity contribution in [1.29, 1.82) is 0 Å². The van der Waals surface area contributed by atoms with Gasteiger partial charge < -0.3 is 15.0 Å². The summed E-state index contributed by atoms with van der Waals surface area (Å²) in [5.74, 6) is 0.290. The molecule has 98 valence electrons. The van der Waals surface area contributed by atoms with Crippen LogP contribution in [0.25, 0.3) is 0 Å². The van der Waals surface area contributed by atoms with E-state index >= 15 is 0 Å². The largest absolute Gasteiger partial charge is 0.377 e. The predicted molar refractivity (Wildman–Crippen MR) is 65.0 cm³/mol. The molecule has 0 aromatic carbocycles. The number of hydrogen-bond donors (Lipinski definition) is 1. The van der Waals surface area contributed by atoms with Crippen molar-refractivity contribution in [3.8, 4) is 0 Å². The molecule has 1 fully saturated rings. The molecule has 1 aliphatic rings. The number of carbonyl (C=O) groups is 2. The molecular formula is C11H19ClN2O3. The number of likely N-dealkylation sites (N-methyl/N-ethyl adjacent to an activating group) is 1. The highest BCUT2D eigenvalue weighted by Gasteiger charge is 2.31. The summed E-state index contributed by atoms with van der Waals surface area (Å²) < 4.78 is 5.25. The number of carbonyl (C=O) groups excluding carboxylic acids is 2. The first-order valence-corrected chi connectivity index (χ1v) is 6.45. The summed E-state index contributed by atoms with van der Waals surface area (Å²) in [5, 5.41) is 2.72. The summed E-state index contributed by atoms with van der Waals surface area (Å²) in [6, 6.07) is -0.494. The summed E-state index contributed by atoms with van der Waals surface area (Å²) in [5.41, 5.74) is 0. The predicted octanol–water partition coefficient (Wildman–Crippen LogP) is 0.369. The van der Waals surface area contributed by atoms with Crippen LogP contribution in [0.2, 0.25) is 0 Å². The van der Waals surface area contributed by atoms with Crippen LogP contribution in [-0.2, 0) is 14.3 Å². The first kappa shape index (κ1) is 14.3. The van der Waals surface area contributed by atoms with Gasteiger partial charge >= 0.3 is 0 Å². The molecule has 0 aromatic heterocycles. The molecular weight excluding hydrogens is 244 g/mol. The maximum Gasteiger partial charge on any atom is 0.245 e. The number of ether oxygens (including phenoxy) is 1. The minimum atomic E-state index is -0.494. The molecule has 17 heavy (non-hydrogen) atoms. The Labute approximate surface area is 106 Å². The van der Waals surface area contributed by atoms with Gasteiger partial charge in [0.2, 0.25) is 11.8 Å². The Morgan fingerprint density at radius 3 is 2.94 bits per heavy atom. The third-order valence-electron chi connectivity index (χ3n) is 2.63. The highest BCUT2D eigenvalue weighted by Crippen LogP contribution is 2.10. The summed E-state index contributed by atoms with van der Waals surface area (Å²) in [6.07, 6.45) is 1.03. The molecule has 2 amide bonds. The first-order valence-electron chi connectivity index (χ1n) is 5.91. The quantitative estimate of drug-likeness (QED) is 0.729. The Balaban J connectivity index is 2.58. The van der Waals surface area contributed by atoms with Crippen LogP contribution in [0.1, 0.15) is 19.8 Å². The van der Waals surface area contributed by atoms with Crippen molar-refractivity contribution in [3.05, 3.63) is 0 Å². The Bertz CT molecular complexity index is 273. The van der Waals surface area contributed by atoms with Crippen LogP contribution >= 0.6 is 11.6 Å². The lowest BCUT2D eigenvalue weighted by Gasteiger charge is -2.34. The van der Waals surface area contributed by atoms with Gasteiger partial charge in [0.15, 0.2) is 0 Å². The van der Waals surface area contributed by atoms with Crippen LogP contribution in [0.3, 0.4) is 0 Å². The van der Waals surface area contributed by atoms with Gasteiger partial charge in [0.05, 0.1) is 13.2 Å². The monoisotopic (exact) mass is 262 g/mol. The van der Waals surface area contributed by atoms with Crippen LogP contribution in [-0.4, -0.2) is 54.9 Å². The van der Waals surface area contributed by atoms with Gasteiger partial charge in [-0.3, -0.25) is 9.59 Å². The lowest BCUT2D eigenvalue weighted by Crippen LogP contribution is -2.55. The van der Waals surface area contributed by atoms with E-state index in [0.29, 0.717) is 38.4 Å². The molecule has 0 radical (unpaired) electrons. The Hall–Kier alpha value is -0.810. The van der Waals surface area contributed by atoms with Gasteiger partial charge in [-0.2, -0.15) is 0 Å². The van der Waals surface area contributed by atoms with E-state index < -0.39 is 6.04 Å². The van der Waals surface area contributed by atoms with Gasteiger partial charge in [-0.15, -0.1) is 11.6 Å². The van der Waals surface area contributed by atoms with Crippen molar-refractivity contribution in [1.82, 2.24) is 10.2 Å². The minimum Gasteiger partial charge on any atom is -0.377 e. The van der Waals surface area contributed by atoms with Crippen molar-refractivity contribution in [2.24, 2.45) is 0 Å². The van der Waals surface area contributed by atoms with E-state index in [2.05, 4.69) is 5.32 Å². The molecule has 1 heterocycles. The number of rotatable bonds is 5. The van der Waals surface area contributed by atoms with Gasteiger partial charge in [-0.1, -0.05) is 0 Å². The molecule has 0 aliphatic carbocycles. The standard InChI is InChI=1S/C11H19ClN2O3/c1-2-13-11(16)9-8-17-7-6-14(9)10(15)4-3-5-12/h9H,2-8H2,1H3,(H,13,16). The van der Waals surface area contributed by atoms with Crippen LogP contribution in [0, 0.1) is 0 Å². The number of alkyl halides is 1. The van der Waals surface area contributed by atoms with Crippen LogP contribution in [0.4, 0.5) is 0 Å². The third kappa shape index (κ3) is 4.16. The van der Waals surface area contributed by atoms with E-state index in [9.17, 15) is 9.59 Å². The summed E-state index contributed by atoms with van der Waals surface area (Å²) in [7, 11) is 0. The van der Waals surface area contributed by atoms with E-state index in [-0.39, 0.29) is 18.4 Å². The van der Waals surface area contributed by atoms with Crippen LogP contribution in [0.15, 0.2) is 0 Å². The summed E-state index contributed by atoms with van der Waals surface area (Å²) in [6.45, 7) is 3.64. The number of nitrogens with one attached hydrogen (secondary N) is 1. The molecule has 1 unspecified atom stereocenters. The molecule has 5 nitrogen and oxygen atoms in total. The zero-order chi connectivity index (χ0) is 12.7. The topological polar surface area (TPSA) is 58.6 Å². The van der Waals surface area contributed by atoms with E-state index in [0.717, 1.165) is 0 Å². The minimum absolute atomic E-state index is 0.0230. The SMILES string of the molecule is CCNC(=O)C1COCCN1C(=O)CCCCl. The van der Waals surface area contributed by atoms with Crippen molar-refractivity contribution in [3.63, 3.8) is 0 Å². The number of amides is 2. The molecule has 6 heteroatoms. The number of hydrogen-bond acceptors (Lipinski definition) is 3. The highest BCUT2D eigenvalue weighted by atomic mass is 35.5. The van der Waals surface area contributed by atoms with E-state index in [1.807, 2.05) is 6.92 Å². The fourth-order valence-corrected chi connectivity index (χ4v) is 1.91. The summed E-state index contributed by atoms with van der Waals surface area (Å²) in [4.78, 5) is 25.3. The maximum absolute atomic E-state index is 11.9. The molecule has 1 N–H and O–H groups in total. The lowest BCUT2D eigenvalue weighted by molar-refractivity contribution is -0.148. The van der Waals surface area contributed by atoms with Gasteiger partial charge in [0, 0.05) is 25.4 Å². The average molecular weight is 263 g/mol. The fraction of sp³-hybridized carbons (Fsp3) is 0.818. The maximum atomic E-state index is 11.9. The van der Waals surface area contributed by atoms with Crippen molar-refractivity contribution in [2.75, 3.05) is 32.2 Å². The lowest BCUT2D eigenvalue weighted by atomic mass is 10.2. The van der Waals surface area contributed by atoms with Crippen molar-refractivity contribution < 1.29 is 14.3 Å². The zero-order valence-corrected chi connectivity index (χ0v) is 10.8. The molecule has 1 rings (SSSR count). The number of halogens is 1. The molecule has 1 atom stereocenters. The molecule has 0 bridgehead atoms. The Morgan fingerprint density at radius 2 is 2.29 bits per heavy atom. The second-order valence-electron chi connectivity index (χ2n) is 3.86. The van der Waals surface area contributed by atoms with Gasteiger partial charge in [0.25, 0.3) is 0 Å². The molecule has 0 saturated carbocycles. The second kappa shape index (κ2) is 7.50. The van der Waals surface area contributed by atoms with E-state index in [1.165, 1.54) is 0 Å². The van der Waals surface area contributed by atoms with Crippen molar-refractivity contribution in [2.45, 2.75) is 25.8 Å². The number of morpholine rings is 1. The average Bonchev–Trinajstić information content (AvgIpc) is 2.36. The fourth-order valence-electron chi connectivity index (χ4n) is 1.77. The molecule has 1 saturated heterocycles. The van der Waals surface area contributed by atoms with Gasteiger partial charge in [-0.25, -0.2) is 0 Å². The summed E-state index contributed by atoms with van der Waals surface area (Å²) >= 11 is 5.56. The molecule has 0 aromatic rings. The molecule has 1 aliphatic heterocycles. The van der Waals surface area contributed by atoms with E-state index in [1.54, 1.807) is 4.90 Å². The van der Waals surface area contributed by atoms with Gasteiger partial charge in [0.1, 0.15) is 6.04 Å². The number of nitrogens with zero attached hydrogens (tertiary/aromatic N) is 1. The van der Waals surface area contributed by atoms with Crippen LogP contribution < -0.4 is 5.32 Å².